The van der Waals surface area contributed by atoms with Crippen LogP contribution in [-0.4, -0.2) is 15.0 Å². The Morgan fingerprint density at radius 2 is 2.00 bits per heavy atom. The van der Waals surface area contributed by atoms with E-state index in [9.17, 15) is 0 Å². The van der Waals surface area contributed by atoms with Crippen molar-refractivity contribution in [2.45, 2.75) is 0 Å². The van der Waals surface area contributed by atoms with E-state index in [2.05, 4.69) is 17.4 Å². The van der Waals surface area contributed by atoms with Crippen molar-refractivity contribution in [1.29, 1.82) is 0 Å². The van der Waals surface area contributed by atoms with Crippen LogP contribution in [0, 0.1) is 7.05 Å². The molecule has 0 bridgehead atoms. The van der Waals surface area contributed by atoms with Crippen LogP contribution < -0.4 is 18.9 Å². The molecule has 0 atom stereocenters. The Morgan fingerprint density at radius 3 is 2.73 bits per heavy atom. The molecule has 1 heterocycles. The summed E-state index contributed by atoms with van der Waals surface area (Å²) in [6, 6.07) is 7.71. The maximum absolute atomic E-state index is 3.87. The quantitative estimate of drug-likeness (QED) is 0.314. The molecule has 4 heteroatoms. The summed E-state index contributed by atoms with van der Waals surface area (Å²) >= 11 is 0. The summed E-state index contributed by atoms with van der Waals surface area (Å²) < 4.78 is 1.51. The minimum atomic E-state index is 0. The van der Waals surface area contributed by atoms with E-state index in [0.29, 0.717) is 0 Å². The second kappa shape index (κ2) is 2.99. The molecule has 0 aliphatic rings. The fourth-order valence-electron chi connectivity index (χ4n) is 0.917. The number of nitrogens with zero attached hydrogens (tertiary/aromatic N) is 3. The average Bonchev–Trinajstić information content (AvgIpc) is 2.34. The number of hydrogen-bond acceptors (Lipinski definition) is 2. The minimum Gasteiger partial charge on any atom is -0.381 e. The number of fused-ring (bicyclic) bond motifs is 1. The van der Waals surface area contributed by atoms with Crippen LogP contribution in [0.5, 0.6) is 0 Å². The van der Waals surface area contributed by atoms with Crippen molar-refractivity contribution in [3.8, 4) is 0 Å². The van der Waals surface area contributed by atoms with Crippen LogP contribution in [0.15, 0.2) is 24.3 Å². The van der Waals surface area contributed by atoms with Crippen LogP contribution in [0.4, 0.5) is 0 Å². The molecule has 0 saturated heterocycles. The molecule has 0 radical (unpaired) electrons. The largest absolute Gasteiger partial charge is 1.00 e. The Bertz CT molecular complexity index is 355. The van der Waals surface area contributed by atoms with Crippen molar-refractivity contribution in [2.24, 2.45) is 0 Å². The topological polar surface area (TPSA) is 30.7 Å². The van der Waals surface area contributed by atoms with Crippen molar-refractivity contribution >= 4 is 11.0 Å². The third-order valence-electron chi connectivity index (χ3n) is 1.42. The smallest absolute Gasteiger partial charge is 0.381 e. The van der Waals surface area contributed by atoms with Gasteiger partial charge in [0.2, 0.25) is 0 Å². The number of benzene rings is 1. The SMILES string of the molecule is [CH2-]n1nnc2ccccc21.[Li+]. The number of para-hydroxylation sites is 1. The van der Waals surface area contributed by atoms with Crippen LogP contribution >= 0.6 is 0 Å². The van der Waals surface area contributed by atoms with Gasteiger partial charge in [0.05, 0.1) is 0 Å². The summed E-state index contributed by atoms with van der Waals surface area (Å²) in [4.78, 5) is 0. The molecule has 1 aromatic heterocycles. The molecular weight excluding hydrogens is 133 g/mol. The maximum atomic E-state index is 3.87. The van der Waals surface area contributed by atoms with Crippen molar-refractivity contribution < 1.29 is 18.9 Å². The zero-order valence-corrected chi connectivity index (χ0v) is 6.36. The zero-order valence-electron chi connectivity index (χ0n) is 6.36. The van der Waals surface area contributed by atoms with Gasteiger partial charge in [0, 0.05) is 5.52 Å². The van der Waals surface area contributed by atoms with Crippen LogP contribution in [0.25, 0.3) is 11.0 Å². The number of aromatic nitrogens is 3. The number of rotatable bonds is 0. The van der Waals surface area contributed by atoms with E-state index in [4.69, 9.17) is 0 Å². The molecule has 0 saturated carbocycles. The van der Waals surface area contributed by atoms with Gasteiger partial charge in [-0.3, -0.25) is 0 Å². The Morgan fingerprint density at radius 1 is 1.27 bits per heavy atom. The normalized spacial score (nSPS) is 9.45. The van der Waals surface area contributed by atoms with E-state index in [1.165, 1.54) is 4.68 Å². The molecule has 0 fully saturated rings. The Kier molecular flexibility index (Phi) is 2.23. The van der Waals surface area contributed by atoms with Gasteiger partial charge in [-0.15, -0.1) is 6.07 Å². The van der Waals surface area contributed by atoms with E-state index in [-0.39, 0.29) is 18.9 Å². The first-order valence-electron chi connectivity index (χ1n) is 2.99. The number of hydrogen-bond donors (Lipinski definition) is 0. The summed E-state index contributed by atoms with van der Waals surface area (Å²) in [6.07, 6.45) is 0. The molecule has 11 heavy (non-hydrogen) atoms. The van der Waals surface area contributed by atoms with E-state index in [1.807, 2.05) is 24.3 Å². The predicted molar refractivity (Wildman–Crippen MR) is 38.3 cm³/mol. The summed E-state index contributed by atoms with van der Waals surface area (Å²) in [5.74, 6) is 0. The van der Waals surface area contributed by atoms with Gasteiger partial charge in [-0.05, 0) is 0 Å². The molecule has 0 unspecified atom stereocenters. The van der Waals surface area contributed by atoms with Gasteiger partial charge >= 0.3 is 18.9 Å². The predicted octanol–water partition coefficient (Wildman–Crippen LogP) is -1.93. The monoisotopic (exact) mass is 139 g/mol. The molecule has 0 aliphatic carbocycles. The van der Waals surface area contributed by atoms with Gasteiger partial charge in [0.1, 0.15) is 0 Å². The summed E-state index contributed by atoms with van der Waals surface area (Å²) in [7, 11) is 3.65. The summed E-state index contributed by atoms with van der Waals surface area (Å²) in [6.45, 7) is 0. The molecule has 0 aliphatic heterocycles. The van der Waals surface area contributed by atoms with E-state index in [1.54, 1.807) is 0 Å². The second-order valence-corrected chi connectivity index (χ2v) is 2.08. The molecule has 0 spiro atoms. The van der Waals surface area contributed by atoms with Crippen LogP contribution in [0.2, 0.25) is 0 Å². The van der Waals surface area contributed by atoms with Crippen molar-refractivity contribution in [2.75, 3.05) is 0 Å². The average molecular weight is 139 g/mol. The molecule has 1 aromatic carbocycles. The van der Waals surface area contributed by atoms with Gasteiger partial charge < -0.3 is 4.68 Å². The third-order valence-corrected chi connectivity index (χ3v) is 1.42. The van der Waals surface area contributed by atoms with Crippen LogP contribution in [-0.2, 0) is 0 Å². The maximum Gasteiger partial charge on any atom is 1.00 e. The Hall–Kier alpha value is -0.913. The van der Waals surface area contributed by atoms with E-state index in [0.717, 1.165) is 11.0 Å². The first kappa shape index (κ1) is 8.19. The molecular formula is C7H6LiN3. The van der Waals surface area contributed by atoms with Gasteiger partial charge in [-0.2, -0.15) is 12.1 Å². The molecule has 2 aromatic rings. The molecule has 0 amide bonds. The molecule has 50 valence electrons. The van der Waals surface area contributed by atoms with Crippen LogP contribution in [0.1, 0.15) is 0 Å². The van der Waals surface area contributed by atoms with Crippen molar-refractivity contribution in [1.82, 2.24) is 15.0 Å². The fraction of sp³-hybridized carbons (Fsp3) is 0. The molecule has 3 nitrogen and oxygen atoms in total. The van der Waals surface area contributed by atoms with Gasteiger partial charge in [-0.25, -0.2) is 0 Å². The molecule has 2 rings (SSSR count). The minimum absolute atomic E-state index is 0. The first-order valence-corrected chi connectivity index (χ1v) is 2.99. The van der Waals surface area contributed by atoms with E-state index >= 15 is 0 Å². The Balaban J connectivity index is 0.000000605. The summed E-state index contributed by atoms with van der Waals surface area (Å²) in [5.41, 5.74) is 1.85. The van der Waals surface area contributed by atoms with E-state index < -0.39 is 0 Å². The fourth-order valence-corrected chi connectivity index (χ4v) is 0.917. The Labute approximate surface area is 76.6 Å². The standard InChI is InChI=1S/C7H6N3.Li/c1-10-7-5-3-2-4-6(7)8-9-10;/h2-5H,1H2;/q-1;+1. The van der Waals surface area contributed by atoms with Crippen molar-refractivity contribution in [3.63, 3.8) is 0 Å². The molecule has 0 N–H and O–H groups in total. The van der Waals surface area contributed by atoms with Crippen molar-refractivity contribution in [3.05, 3.63) is 31.3 Å². The first-order chi connectivity index (χ1) is 4.88. The van der Waals surface area contributed by atoms with Gasteiger partial charge in [0.25, 0.3) is 0 Å². The second-order valence-electron chi connectivity index (χ2n) is 2.08. The summed E-state index contributed by atoms with van der Waals surface area (Å²) in [5, 5.41) is 7.62. The zero-order chi connectivity index (χ0) is 6.97. The van der Waals surface area contributed by atoms with Gasteiger partial charge in [0.15, 0.2) is 0 Å². The third kappa shape index (κ3) is 1.25. The van der Waals surface area contributed by atoms with Crippen LogP contribution in [0.3, 0.4) is 0 Å². The van der Waals surface area contributed by atoms with Gasteiger partial charge in [-0.1, -0.05) is 28.9 Å².